The van der Waals surface area contributed by atoms with E-state index in [1.807, 2.05) is 0 Å². The second kappa shape index (κ2) is 9.44. The zero-order valence-electron chi connectivity index (χ0n) is 12.4. The quantitative estimate of drug-likeness (QED) is 0.485. The molecule has 0 aliphatic heterocycles. The van der Waals surface area contributed by atoms with Gasteiger partial charge in [0, 0.05) is 12.6 Å². The Morgan fingerprint density at radius 1 is 1.39 bits per heavy atom. The fourth-order valence-corrected chi connectivity index (χ4v) is 2.77. The highest BCUT2D eigenvalue weighted by Crippen LogP contribution is 2.38. The van der Waals surface area contributed by atoms with E-state index in [0.29, 0.717) is 0 Å². The molecular formula is C14H15Br2ClFNO4. The molecule has 1 aromatic carbocycles. The van der Waals surface area contributed by atoms with Gasteiger partial charge in [0.25, 0.3) is 5.91 Å². The van der Waals surface area contributed by atoms with Crippen LogP contribution in [-0.4, -0.2) is 37.0 Å². The molecule has 1 rings (SSSR count). The molecule has 0 saturated heterocycles. The van der Waals surface area contributed by atoms with Crippen LogP contribution in [0.2, 0.25) is 5.02 Å². The number of nitrogens with one attached hydrogen (secondary N) is 1. The van der Waals surface area contributed by atoms with Crippen molar-refractivity contribution in [3.63, 3.8) is 0 Å². The summed E-state index contributed by atoms with van der Waals surface area (Å²) in [5, 5.41) is 2.42. The second-order valence-electron chi connectivity index (χ2n) is 4.32. The smallest absolute Gasteiger partial charge is 0.321 e. The van der Waals surface area contributed by atoms with Gasteiger partial charge in [-0.25, -0.2) is 4.39 Å². The van der Waals surface area contributed by atoms with Crippen LogP contribution < -0.4 is 10.1 Å². The van der Waals surface area contributed by atoms with E-state index in [0.717, 1.165) is 6.07 Å². The van der Waals surface area contributed by atoms with Crippen molar-refractivity contribution in [3.8, 4) is 5.75 Å². The molecule has 5 nitrogen and oxygen atoms in total. The van der Waals surface area contributed by atoms with E-state index >= 15 is 0 Å². The molecule has 1 amide bonds. The summed E-state index contributed by atoms with van der Waals surface area (Å²) in [5.41, 5.74) is 0.149. The SMILES string of the molecule is CCOC(=O)C(Br)C(Br)c1cc(OCC(=O)NC)c(Cl)cc1F. The van der Waals surface area contributed by atoms with Gasteiger partial charge in [0.05, 0.1) is 16.5 Å². The van der Waals surface area contributed by atoms with E-state index in [1.165, 1.54) is 13.1 Å². The maximum absolute atomic E-state index is 14.1. The summed E-state index contributed by atoms with van der Waals surface area (Å²) in [4.78, 5) is 21.5. The van der Waals surface area contributed by atoms with Crippen molar-refractivity contribution >= 4 is 55.3 Å². The van der Waals surface area contributed by atoms with Gasteiger partial charge in [-0.05, 0) is 19.1 Å². The number of ether oxygens (including phenoxy) is 2. The number of halogens is 4. The maximum Gasteiger partial charge on any atom is 0.321 e. The van der Waals surface area contributed by atoms with E-state index in [9.17, 15) is 14.0 Å². The second-order valence-corrected chi connectivity index (χ2v) is 6.70. The van der Waals surface area contributed by atoms with Crippen molar-refractivity contribution in [3.05, 3.63) is 28.5 Å². The lowest BCUT2D eigenvalue weighted by atomic mass is 10.1. The van der Waals surface area contributed by atoms with Gasteiger partial charge in [0.1, 0.15) is 16.4 Å². The number of hydrogen-bond acceptors (Lipinski definition) is 4. The van der Waals surface area contributed by atoms with Crippen LogP contribution in [0.3, 0.4) is 0 Å². The van der Waals surface area contributed by atoms with Crippen LogP contribution in [0, 0.1) is 5.82 Å². The Hall–Kier alpha value is -0.860. The first kappa shape index (κ1) is 20.2. The molecule has 1 N–H and O–H groups in total. The lowest BCUT2D eigenvalue weighted by molar-refractivity contribution is -0.142. The number of alkyl halides is 2. The van der Waals surface area contributed by atoms with Gasteiger partial charge >= 0.3 is 5.97 Å². The molecule has 0 aliphatic carbocycles. The number of rotatable bonds is 7. The maximum atomic E-state index is 14.1. The van der Waals surface area contributed by atoms with Crippen molar-refractivity contribution in [2.45, 2.75) is 16.6 Å². The fraction of sp³-hybridized carbons (Fsp3) is 0.429. The van der Waals surface area contributed by atoms with Gasteiger partial charge in [0.2, 0.25) is 0 Å². The predicted octanol–water partition coefficient (Wildman–Crippen LogP) is 3.37. The summed E-state index contributed by atoms with van der Waals surface area (Å²) in [5.74, 6) is -1.36. The monoisotopic (exact) mass is 473 g/mol. The molecule has 2 unspecified atom stereocenters. The lowest BCUT2D eigenvalue weighted by Crippen LogP contribution is -2.25. The molecule has 0 heterocycles. The van der Waals surface area contributed by atoms with Gasteiger partial charge in [-0.3, -0.25) is 9.59 Å². The number of likely N-dealkylation sites (N-methyl/N-ethyl adjacent to an activating group) is 1. The van der Waals surface area contributed by atoms with Crippen LogP contribution >= 0.6 is 43.5 Å². The predicted molar refractivity (Wildman–Crippen MR) is 92.0 cm³/mol. The molecule has 0 aliphatic rings. The third-order valence-corrected chi connectivity index (χ3v) is 5.68. The summed E-state index contributed by atoms with van der Waals surface area (Å²) in [7, 11) is 1.46. The van der Waals surface area contributed by atoms with Crippen molar-refractivity contribution in [1.82, 2.24) is 5.32 Å². The van der Waals surface area contributed by atoms with E-state index in [-0.39, 0.29) is 35.5 Å². The van der Waals surface area contributed by atoms with Crippen LogP contribution in [0.5, 0.6) is 5.75 Å². The van der Waals surface area contributed by atoms with Gasteiger partial charge in [0.15, 0.2) is 6.61 Å². The molecule has 23 heavy (non-hydrogen) atoms. The van der Waals surface area contributed by atoms with Crippen molar-refractivity contribution < 1.29 is 23.5 Å². The highest BCUT2D eigenvalue weighted by Gasteiger charge is 2.29. The zero-order valence-corrected chi connectivity index (χ0v) is 16.3. The minimum Gasteiger partial charge on any atom is -0.482 e. The molecule has 0 saturated carbocycles. The highest BCUT2D eigenvalue weighted by molar-refractivity contribution is 9.12. The largest absolute Gasteiger partial charge is 0.482 e. The molecule has 0 aromatic heterocycles. The third-order valence-electron chi connectivity index (χ3n) is 2.75. The molecular weight excluding hydrogens is 460 g/mol. The fourth-order valence-electron chi connectivity index (χ4n) is 1.58. The van der Waals surface area contributed by atoms with Gasteiger partial charge in [-0.15, -0.1) is 0 Å². The molecule has 0 radical (unpaired) electrons. The Kier molecular flexibility index (Phi) is 8.28. The standard InChI is InChI=1S/C14H15Br2ClFNO4/c1-3-22-14(21)13(16)12(15)7-4-10(8(17)5-9(7)18)23-6-11(20)19-2/h4-5,12-13H,3,6H2,1-2H3,(H,19,20). The minimum absolute atomic E-state index is 0.0251. The van der Waals surface area contributed by atoms with Crippen LogP contribution in [0.4, 0.5) is 4.39 Å². The number of hydrogen-bond donors (Lipinski definition) is 1. The number of carbonyl (C=O) groups excluding carboxylic acids is 2. The summed E-state index contributed by atoms with van der Waals surface area (Å²) in [6, 6.07) is 2.41. The topological polar surface area (TPSA) is 64.6 Å². The van der Waals surface area contributed by atoms with E-state index in [2.05, 4.69) is 37.2 Å². The molecule has 0 fully saturated rings. The Labute approximate surface area is 155 Å². The summed E-state index contributed by atoms with van der Waals surface area (Å²) < 4.78 is 24.3. The average molecular weight is 476 g/mol. The Morgan fingerprint density at radius 2 is 2.04 bits per heavy atom. The van der Waals surface area contributed by atoms with E-state index in [4.69, 9.17) is 21.1 Å². The molecule has 2 atom stereocenters. The Balaban J connectivity index is 3.01. The van der Waals surface area contributed by atoms with Crippen LogP contribution in [0.15, 0.2) is 12.1 Å². The van der Waals surface area contributed by atoms with Crippen molar-refractivity contribution in [2.24, 2.45) is 0 Å². The van der Waals surface area contributed by atoms with Crippen molar-refractivity contribution in [1.29, 1.82) is 0 Å². The van der Waals surface area contributed by atoms with Gasteiger partial charge in [-0.2, -0.15) is 0 Å². The zero-order chi connectivity index (χ0) is 17.6. The average Bonchev–Trinajstić information content (AvgIpc) is 2.52. The Bertz CT molecular complexity index is 588. The number of amides is 1. The summed E-state index contributed by atoms with van der Waals surface area (Å²) in [6.45, 7) is 1.63. The number of carbonyl (C=O) groups is 2. The first-order chi connectivity index (χ1) is 10.8. The molecule has 128 valence electrons. The first-order valence-corrected chi connectivity index (χ1v) is 8.79. The van der Waals surface area contributed by atoms with E-state index in [1.54, 1.807) is 6.92 Å². The van der Waals surface area contributed by atoms with Crippen molar-refractivity contribution in [2.75, 3.05) is 20.3 Å². The minimum atomic E-state index is -0.801. The Morgan fingerprint density at radius 3 is 2.61 bits per heavy atom. The number of benzene rings is 1. The summed E-state index contributed by atoms with van der Waals surface area (Å²) in [6.07, 6.45) is 0. The summed E-state index contributed by atoms with van der Waals surface area (Å²) >= 11 is 12.3. The molecule has 1 aromatic rings. The van der Waals surface area contributed by atoms with Crippen LogP contribution in [-0.2, 0) is 14.3 Å². The van der Waals surface area contributed by atoms with Gasteiger partial charge in [-0.1, -0.05) is 43.5 Å². The van der Waals surface area contributed by atoms with E-state index < -0.39 is 21.4 Å². The molecule has 0 bridgehead atoms. The first-order valence-electron chi connectivity index (χ1n) is 6.58. The van der Waals surface area contributed by atoms with Crippen LogP contribution in [0.1, 0.15) is 17.3 Å². The molecule has 9 heteroatoms. The number of esters is 1. The van der Waals surface area contributed by atoms with Crippen LogP contribution in [0.25, 0.3) is 0 Å². The lowest BCUT2D eigenvalue weighted by Gasteiger charge is -2.18. The molecule has 0 spiro atoms. The van der Waals surface area contributed by atoms with Gasteiger partial charge < -0.3 is 14.8 Å². The highest BCUT2D eigenvalue weighted by atomic mass is 79.9. The normalized spacial score (nSPS) is 13.1. The third kappa shape index (κ3) is 5.61.